The molecule has 0 aliphatic carbocycles. The highest BCUT2D eigenvalue weighted by molar-refractivity contribution is 9.10. The maximum absolute atomic E-state index is 5.94. The Morgan fingerprint density at radius 1 is 1.35 bits per heavy atom. The number of benzene rings is 1. The zero-order valence-corrected chi connectivity index (χ0v) is 14.2. The highest BCUT2D eigenvalue weighted by Crippen LogP contribution is 2.30. The number of rotatable bonds is 6. The molecule has 1 aromatic carbocycles. The number of halogens is 1. The van der Waals surface area contributed by atoms with Crippen molar-refractivity contribution in [3.8, 4) is 5.75 Å². The molecule has 1 aliphatic rings. The summed E-state index contributed by atoms with van der Waals surface area (Å²) in [6.07, 6.45) is 4.92. The highest BCUT2D eigenvalue weighted by atomic mass is 79.9. The minimum absolute atomic E-state index is 0.607. The molecule has 1 atom stereocenters. The van der Waals surface area contributed by atoms with E-state index in [0.29, 0.717) is 5.92 Å². The molecule has 1 aromatic rings. The van der Waals surface area contributed by atoms with Gasteiger partial charge in [-0.1, -0.05) is 19.9 Å². The standard InChI is InChI=1S/C17H26BrNO/c1-3-13(2)15-4-5-17(16(18)12-15)20-11-8-14-6-9-19-10-7-14/h4-5,12-14,19H,3,6-11H2,1-2H3/t13-/m0/s1. The zero-order valence-electron chi connectivity index (χ0n) is 12.6. The van der Waals surface area contributed by atoms with Crippen molar-refractivity contribution in [1.29, 1.82) is 0 Å². The molecule has 0 aromatic heterocycles. The van der Waals surface area contributed by atoms with Crippen LogP contribution in [0.4, 0.5) is 0 Å². The molecule has 1 aliphatic heterocycles. The molecule has 1 saturated heterocycles. The lowest BCUT2D eigenvalue weighted by Crippen LogP contribution is -2.28. The molecule has 1 fully saturated rings. The number of nitrogens with one attached hydrogen (secondary N) is 1. The van der Waals surface area contributed by atoms with Crippen LogP contribution in [-0.2, 0) is 0 Å². The lowest BCUT2D eigenvalue weighted by Gasteiger charge is -2.22. The van der Waals surface area contributed by atoms with Gasteiger partial charge in [-0.25, -0.2) is 0 Å². The molecule has 0 bridgehead atoms. The Morgan fingerprint density at radius 2 is 2.10 bits per heavy atom. The summed E-state index contributed by atoms with van der Waals surface area (Å²) in [5.41, 5.74) is 1.38. The summed E-state index contributed by atoms with van der Waals surface area (Å²) in [6.45, 7) is 7.64. The predicted octanol–water partition coefficient (Wildman–Crippen LogP) is 4.73. The molecule has 1 N–H and O–H groups in total. The average molecular weight is 340 g/mol. The minimum Gasteiger partial charge on any atom is -0.492 e. The van der Waals surface area contributed by atoms with Gasteiger partial charge in [-0.2, -0.15) is 0 Å². The minimum atomic E-state index is 0.607. The van der Waals surface area contributed by atoms with Gasteiger partial charge in [0, 0.05) is 0 Å². The summed E-state index contributed by atoms with van der Waals surface area (Å²) < 4.78 is 7.02. The molecular weight excluding hydrogens is 314 g/mol. The molecule has 2 rings (SSSR count). The van der Waals surface area contributed by atoms with E-state index in [0.717, 1.165) is 35.8 Å². The molecule has 0 saturated carbocycles. The Morgan fingerprint density at radius 3 is 2.75 bits per heavy atom. The van der Waals surface area contributed by atoms with Crippen molar-refractivity contribution in [3.05, 3.63) is 28.2 Å². The van der Waals surface area contributed by atoms with Gasteiger partial charge in [-0.05, 0) is 84.2 Å². The Kier molecular flexibility index (Phi) is 6.37. The number of hydrogen-bond acceptors (Lipinski definition) is 2. The van der Waals surface area contributed by atoms with Gasteiger partial charge in [0.15, 0.2) is 0 Å². The monoisotopic (exact) mass is 339 g/mol. The molecule has 0 unspecified atom stereocenters. The third kappa shape index (κ3) is 4.49. The largest absolute Gasteiger partial charge is 0.492 e. The third-order valence-electron chi connectivity index (χ3n) is 4.38. The van der Waals surface area contributed by atoms with Crippen molar-refractivity contribution >= 4 is 15.9 Å². The van der Waals surface area contributed by atoms with Crippen molar-refractivity contribution in [2.45, 2.75) is 45.4 Å². The second-order valence-electron chi connectivity index (χ2n) is 5.83. The van der Waals surface area contributed by atoms with Crippen molar-refractivity contribution in [3.63, 3.8) is 0 Å². The van der Waals surface area contributed by atoms with Crippen molar-refractivity contribution in [1.82, 2.24) is 5.32 Å². The maximum atomic E-state index is 5.94. The molecule has 0 amide bonds. The summed E-state index contributed by atoms with van der Waals surface area (Å²) in [6, 6.07) is 6.50. The van der Waals surface area contributed by atoms with Crippen LogP contribution < -0.4 is 10.1 Å². The maximum Gasteiger partial charge on any atom is 0.133 e. The van der Waals surface area contributed by atoms with Crippen LogP contribution in [0, 0.1) is 5.92 Å². The van der Waals surface area contributed by atoms with Crippen LogP contribution in [0.5, 0.6) is 5.75 Å². The van der Waals surface area contributed by atoms with Gasteiger partial charge in [0.1, 0.15) is 5.75 Å². The van der Waals surface area contributed by atoms with Gasteiger partial charge < -0.3 is 10.1 Å². The average Bonchev–Trinajstić information content (AvgIpc) is 2.49. The van der Waals surface area contributed by atoms with Crippen LogP contribution in [0.3, 0.4) is 0 Å². The quantitative estimate of drug-likeness (QED) is 0.808. The predicted molar refractivity (Wildman–Crippen MR) is 88.6 cm³/mol. The van der Waals surface area contributed by atoms with Crippen LogP contribution in [0.15, 0.2) is 22.7 Å². The molecule has 0 radical (unpaired) electrons. The molecule has 0 spiro atoms. The summed E-state index contributed by atoms with van der Waals surface area (Å²) >= 11 is 3.64. The fourth-order valence-electron chi connectivity index (χ4n) is 2.68. The van der Waals surface area contributed by atoms with Crippen LogP contribution >= 0.6 is 15.9 Å². The van der Waals surface area contributed by atoms with E-state index in [1.165, 1.54) is 31.2 Å². The lowest BCUT2D eigenvalue weighted by molar-refractivity contribution is 0.250. The molecule has 2 nitrogen and oxygen atoms in total. The summed E-state index contributed by atoms with van der Waals surface area (Å²) in [5, 5.41) is 3.41. The van der Waals surface area contributed by atoms with E-state index in [2.05, 4.69) is 53.3 Å². The first-order chi connectivity index (χ1) is 9.70. The molecule has 3 heteroatoms. The molecule has 1 heterocycles. The van der Waals surface area contributed by atoms with Crippen molar-refractivity contribution in [2.75, 3.05) is 19.7 Å². The van der Waals surface area contributed by atoms with Crippen LogP contribution in [0.2, 0.25) is 0 Å². The highest BCUT2D eigenvalue weighted by Gasteiger charge is 2.13. The first kappa shape index (κ1) is 15.8. The van der Waals surface area contributed by atoms with Gasteiger partial charge in [-0.15, -0.1) is 0 Å². The number of ether oxygens (including phenoxy) is 1. The van der Waals surface area contributed by atoms with Gasteiger partial charge in [0.05, 0.1) is 11.1 Å². The van der Waals surface area contributed by atoms with E-state index in [1.807, 2.05) is 0 Å². The van der Waals surface area contributed by atoms with Crippen LogP contribution in [0.25, 0.3) is 0 Å². The molecular formula is C17H26BrNO. The van der Waals surface area contributed by atoms with E-state index in [4.69, 9.17) is 4.74 Å². The van der Waals surface area contributed by atoms with E-state index < -0.39 is 0 Å². The van der Waals surface area contributed by atoms with Crippen LogP contribution in [-0.4, -0.2) is 19.7 Å². The van der Waals surface area contributed by atoms with Crippen molar-refractivity contribution < 1.29 is 4.74 Å². The summed E-state index contributed by atoms with van der Waals surface area (Å²) in [7, 11) is 0. The summed E-state index contributed by atoms with van der Waals surface area (Å²) in [5.74, 6) is 2.41. The van der Waals surface area contributed by atoms with E-state index >= 15 is 0 Å². The topological polar surface area (TPSA) is 21.3 Å². The van der Waals surface area contributed by atoms with Gasteiger partial charge >= 0.3 is 0 Å². The third-order valence-corrected chi connectivity index (χ3v) is 5.00. The van der Waals surface area contributed by atoms with E-state index in [-0.39, 0.29) is 0 Å². The Hall–Kier alpha value is -0.540. The first-order valence-corrected chi connectivity index (χ1v) is 8.63. The van der Waals surface area contributed by atoms with E-state index in [1.54, 1.807) is 0 Å². The number of piperidine rings is 1. The second-order valence-corrected chi connectivity index (χ2v) is 6.68. The Bertz CT molecular complexity index is 415. The van der Waals surface area contributed by atoms with Gasteiger partial charge in [0.25, 0.3) is 0 Å². The smallest absolute Gasteiger partial charge is 0.133 e. The van der Waals surface area contributed by atoms with Gasteiger partial charge in [0.2, 0.25) is 0 Å². The summed E-state index contributed by atoms with van der Waals surface area (Å²) in [4.78, 5) is 0. The molecule has 20 heavy (non-hydrogen) atoms. The second kappa shape index (κ2) is 8.04. The fourth-order valence-corrected chi connectivity index (χ4v) is 3.19. The SMILES string of the molecule is CC[C@H](C)c1ccc(OCCC2CCNCC2)c(Br)c1. The fraction of sp³-hybridized carbons (Fsp3) is 0.647. The zero-order chi connectivity index (χ0) is 14.4. The first-order valence-electron chi connectivity index (χ1n) is 7.83. The van der Waals surface area contributed by atoms with E-state index in [9.17, 15) is 0 Å². The van der Waals surface area contributed by atoms with Crippen LogP contribution in [0.1, 0.15) is 51.0 Å². The lowest BCUT2D eigenvalue weighted by atomic mass is 9.95. The van der Waals surface area contributed by atoms with Crippen molar-refractivity contribution in [2.24, 2.45) is 5.92 Å². The molecule has 112 valence electrons. The Balaban J connectivity index is 1.83. The normalized spacial score (nSPS) is 17.9. The van der Waals surface area contributed by atoms with Gasteiger partial charge in [-0.3, -0.25) is 0 Å². The number of hydrogen-bond donors (Lipinski definition) is 1. The Labute approximate surface area is 131 Å².